The van der Waals surface area contributed by atoms with E-state index >= 15 is 0 Å². The minimum absolute atomic E-state index is 0.269. The summed E-state index contributed by atoms with van der Waals surface area (Å²) in [6, 6.07) is 3.73. The Hall–Kier alpha value is -3.69. The highest BCUT2D eigenvalue weighted by atomic mass is 32.2. The number of nitrogens with one attached hydrogen (secondary N) is 3. The maximum Gasteiger partial charge on any atom is 0.333 e. The zero-order chi connectivity index (χ0) is 29.5. The number of nitrogens with zero attached hydrogens (tertiary/aromatic N) is 6. The molecule has 0 bridgehead atoms. The van der Waals surface area contributed by atoms with Gasteiger partial charge >= 0.3 is 6.55 Å². The fourth-order valence-electron chi connectivity index (χ4n) is 5.43. The molecule has 2 fully saturated rings. The Morgan fingerprint density at radius 2 is 1.98 bits per heavy atom. The van der Waals surface area contributed by atoms with E-state index in [1.54, 1.807) is 24.5 Å². The molecule has 0 amide bonds. The van der Waals surface area contributed by atoms with Crippen LogP contribution >= 0.6 is 0 Å². The van der Waals surface area contributed by atoms with E-state index < -0.39 is 27.5 Å². The molecular formula is C27H34F2N10O2S. The maximum atomic E-state index is 13.3. The number of hydrogen-bond acceptors (Lipinski definition) is 10. The van der Waals surface area contributed by atoms with Gasteiger partial charge in [0, 0.05) is 42.5 Å². The van der Waals surface area contributed by atoms with Gasteiger partial charge in [-0.15, -0.1) is 0 Å². The third-order valence-electron chi connectivity index (χ3n) is 8.14. The van der Waals surface area contributed by atoms with Crippen LogP contribution in [0.1, 0.15) is 56.5 Å². The minimum atomic E-state index is -3.53. The first-order valence-corrected chi connectivity index (χ1v) is 15.5. The normalized spacial score (nSPS) is 24.7. The van der Waals surface area contributed by atoms with Crippen molar-refractivity contribution in [2.45, 2.75) is 62.0 Å². The van der Waals surface area contributed by atoms with Crippen LogP contribution < -0.4 is 21.7 Å². The number of allylic oxidation sites excluding steroid dienone is 1. The van der Waals surface area contributed by atoms with Crippen molar-refractivity contribution in [1.82, 2.24) is 44.9 Å². The van der Waals surface area contributed by atoms with Gasteiger partial charge in [-0.25, -0.2) is 23.1 Å². The number of aromatic nitrogens is 6. The van der Waals surface area contributed by atoms with Crippen LogP contribution in [0.25, 0.3) is 17.0 Å². The van der Waals surface area contributed by atoms with Gasteiger partial charge in [0.05, 0.1) is 34.6 Å². The lowest BCUT2D eigenvalue weighted by molar-refractivity contribution is 0.0565. The Balaban J connectivity index is 1.27. The summed E-state index contributed by atoms with van der Waals surface area (Å²) < 4.78 is 53.3. The average molecular weight is 601 g/mol. The van der Waals surface area contributed by atoms with Gasteiger partial charge in [-0.1, -0.05) is 0 Å². The largest absolute Gasteiger partial charge is 0.384 e. The molecule has 2 saturated carbocycles. The van der Waals surface area contributed by atoms with Crippen molar-refractivity contribution >= 4 is 15.6 Å². The second-order valence-corrected chi connectivity index (χ2v) is 13.2. The predicted octanol–water partition coefficient (Wildman–Crippen LogP) is 2.28. The average Bonchev–Trinajstić information content (AvgIpc) is 3.53. The van der Waals surface area contributed by atoms with E-state index in [9.17, 15) is 17.2 Å². The van der Waals surface area contributed by atoms with E-state index in [4.69, 9.17) is 5.73 Å². The van der Waals surface area contributed by atoms with E-state index in [0.29, 0.717) is 64.2 Å². The molecule has 0 aromatic carbocycles. The zero-order valence-corrected chi connectivity index (χ0v) is 23.9. The third-order valence-corrected chi connectivity index (χ3v) is 10.2. The van der Waals surface area contributed by atoms with Crippen molar-refractivity contribution in [1.29, 1.82) is 0 Å². The molecule has 224 valence electrons. The Labute approximate surface area is 242 Å². The van der Waals surface area contributed by atoms with Gasteiger partial charge in [0.15, 0.2) is 11.5 Å². The lowest BCUT2D eigenvalue weighted by atomic mass is 9.86. The van der Waals surface area contributed by atoms with Crippen molar-refractivity contribution in [2.75, 3.05) is 13.6 Å². The van der Waals surface area contributed by atoms with Crippen LogP contribution in [0.4, 0.5) is 8.78 Å². The SMILES string of the molecule is CNC1CCC(CNC2=CC(N)(c3ccnc(-c4cnn(S(=O)(=O)C5CC5)c4)n3)NC=C2c2ccn(C(F)F)n2)CC1. The van der Waals surface area contributed by atoms with Gasteiger partial charge in [-0.3, -0.25) is 0 Å². The summed E-state index contributed by atoms with van der Waals surface area (Å²) in [6.45, 7) is -2.06. The van der Waals surface area contributed by atoms with Crippen molar-refractivity contribution in [3.63, 3.8) is 0 Å². The van der Waals surface area contributed by atoms with Gasteiger partial charge in [-0.05, 0) is 69.7 Å². The van der Waals surface area contributed by atoms with Crippen molar-refractivity contribution < 1.29 is 17.2 Å². The standard InChI is InChI=1S/C27H34F2N10O2S/c1-31-19-4-2-17(3-5-19)13-33-23-12-27(30,34-15-21(23)22-9-11-38(37-22)26(28)29)24-8-10-32-25(36-24)18-14-35-39(16-18)42(40,41)20-6-7-20/h8-12,14-17,19-20,26,31,33-34H,2-7,13,30H2,1H3. The molecule has 2 aliphatic carbocycles. The summed E-state index contributed by atoms with van der Waals surface area (Å²) in [4.78, 5) is 8.97. The lowest BCUT2D eigenvalue weighted by Crippen LogP contribution is -2.50. The van der Waals surface area contributed by atoms with Crippen LogP contribution in [0, 0.1) is 5.92 Å². The molecule has 42 heavy (non-hydrogen) atoms. The molecule has 3 aromatic rings. The first-order chi connectivity index (χ1) is 20.2. The van der Waals surface area contributed by atoms with Crippen molar-refractivity contribution in [3.8, 4) is 11.4 Å². The molecule has 15 heteroatoms. The van der Waals surface area contributed by atoms with Crippen molar-refractivity contribution in [3.05, 3.63) is 66.3 Å². The van der Waals surface area contributed by atoms with E-state index in [0.717, 1.165) is 29.8 Å². The number of alkyl halides is 2. The number of halogens is 2. The quantitative estimate of drug-likeness (QED) is 0.272. The molecule has 4 heterocycles. The van der Waals surface area contributed by atoms with Gasteiger partial charge in [-0.2, -0.15) is 23.1 Å². The molecule has 12 nitrogen and oxygen atoms in total. The second kappa shape index (κ2) is 11.2. The number of hydrogen-bond donors (Lipinski definition) is 4. The predicted molar refractivity (Wildman–Crippen MR) is 152 cm³/mol. The van der Waals surface area contributed by atoms with Crippen molar-refractivity contribution in [2.24, 2.45) is 11.7 Å². The van der Waals surface area contributed by atoms with Crippen LogP contribution in [0.2, 0.25) is 0 Å². The smallest absolute Gasteiger partial charge is 0.333 e. The highest BCUT2D eigenvalue weighted by molar-refractivity contribution is 7.90. The Kier molecular flexibility index (Phi) is 7.57. The molecule has 5 N–H and O–H groups in total. The lowest BCUT2D eigenvalue weighted by Gasteiger charge is -2.33. The van der Waals surface area contributed by atoms with Gasteiger partial charge < -0.3 is 21.7 Å². The molecule has 0 radical (unpaired) electrons. The highest BCUT2D eigenvalue weighted by Gasteiger charge is 2.38. The molecule has 0 spiro atoms. The topological polar surface area (TPSA) is 158 Å². The van der Waals surface area contributed by atoms with Gasteiger partial charge in [0.1, 0.15) is 0 Å². The molecule has 1 atom stereocenters. The molecule has 0 saturated heterocycles. The van der Waals surface area contributed by atoms with Crippen LogP contribution in [-0.4, -0.2) is 62.2 Å². The van der Waals surface area contributed by atoms with E-state index in [1.165, 1.54) is 24.7 Å². The van der Waals surface area contributed by atoms with E-state index in [-0.39, 0.29) is 5.82 Å². The number of dihydropyridines is 1. The number of nitrogens with two attached hydrogens (primary N) is 1. The fraction of sp³-hybridized carbons (Fsp3) is 0.481. The molecule has 3 aliphatic rings. The third kappa shape index (κ3) is 5.68. The monoisotopic (exact) mass is 600 g/mol. The van der Waals surface area contributed by atoms with Gasteiger partial charge in [0.2, 0.25) is 0 Å². The Morgan fingerprint density at radius 1 is 1.19 bits per heavy atom. The van der Waals surface area contributed by atoms with Crippen LogP contribution in [0.5, 0.6) is 0 Å². The summed E-state index contributed by atoms with van der Waals surface area (Å²) >= 11 is 0. The van der Waals surface area contributed by atoms with Crippen LogP contribution in [0.15, 0.2) is 54.9 Å². The Bertz CT molecular complexity index is 1610. The fourth-order valence-corrected chi connectivity index (χ4v) is 6.90. The van der Waals surface area contributed by atoms with E-state index in [2.05, 4.69) is 36.1 Å². The molecule has 1 unspecified atom stereocenters. The highest BCUT2D eigenvalue weighted by Crippen LogP contribution is 2.32. The Morgan fingerprint density at radius 3 is 2.67 bits per heavy atom. The molecule has 1 aliphatic heterocycles. The molecule has 6 rings (SSSR count). The second-order valence-electron chi connectivity index (χ2n) is 11.1. The zero-order valence-electron chi connectivity index (χ0n) is 23.1. The van der Waals surface area contributed by atoms with Crippen LogP contribution in [0.3, 0.4) is 0 Å². The first-order valence-electron chi connectivity index (χ1n) is 14.0. The summed E-state index contributed by atoms with van der Waals surface area (Å²) in [5.41, 5.74) is 8.04. The minimum Gasteiger partial charge on any atom is -0.384 e. The summed E-state index contributed by atoms with van der Waals surface area (Å²) in [7, 11) is -1.54. The van der Waals surface area contributed by atoms with E-state index in [1.807, 2.05) is 7.05 Å². The summed E-state index contributed by atoms with van der Waals surface area (Å²) in [6.07, 6.45) is 14.6. The summed E-state index contributed by atoms with van der Waals surface area (Å²) in [5, 5.41) is 17.7. The maximum absolute atomic E-state index is 13.3. The van der Waals surface area contributed by atoms with Gasteiger partial charge in [0.25, 0.3) is 10.0 Å². The summed E-state index contributed by atoms with van der Waals surface area (Å²) in [5.74, 6) is 0.720. The number of rotatable bonds is 10. The molecule has 3 aromatic heterocycles. The molecular weight excluding hydrogens is 566 g/mol. The van der Waals surface area contributed by atoms with Crippen LogP contribution in [-0.2, 0) is 15.7 Å². The first kappa shape index (κ1) is 28.4.